The van der Waals surface area contributed by atoms with Crippen molar-refractivity contribution in [1.82, 2.24) is 0 Å². The zero-order chi connectivity index (χ0) is 29.9. The maximum atomic E-state index is 13.4. The van der Waals surface area contributed by atoms with Gasteiger partial charge in [0, 0.05) is 11.1 Å². The number of hydrogen-bond acceptors (Lipinski definition) is 4. The molecule has 0 radical (unpaired) electrons. The fraction of sp³-hybridized carbons (Fsp3) is 0.581. The smallest absolute Gasteiger partial charge is 0.432 e. The van der Waals surface area contributed by atoms with E-state index in [9.17, 15) is 28.2 Å². The van der Waals surface area contributed by atoms with Gasteiger partial charge in [-0.2, -0.15) is 13.2 Å². The Morgan fingerprint density at radius 2 is 1.13 bits per heavy atom. The van der Waals surface area contributed by atoms with Crippen molar-refractivity contribution in [3.05, 3.63) is 58.1 Å². The Balaban J connectivity index is 0.000000293. The average molecular weight is 537 g/mol. The molecule has 0 amide bonds. The van der Waals surface area contributed by atoms with Crippen LogP contribution in [0.15, 0.2) is 30.3 Å². The van der Waals surface area contributed by atoms with E-state index in [1.165, 1.54) is 11.6 Å². The molecular formula is C31H43F3O4. The van der Waals surface area contributed by atoms with Crippen LogP contribution in [0, 0.1) is 0 Å². The number of carbonyl (C=O) groups excluding carboxylic acids is 1. The number of rotatable bonds is 0. The Bertz CT molecular complexity index is 1200. The fourth-order valence-corrected chi connectivity index (χ4v) is 4.15. The van der Waals surface area contributed by atoms with Crippen molar-refractivity contribution < 1.29 is 32.9 Å². The summed E-state index contributed by atoms with van der Waals surface area (Å²) < 4.78 is 45.0. The van der Waals surface area contributed by atoms with E-state index in [1.54, 1.807) is 12.1 Å². The SMILES string of the molecule is CC(C)(C)c1cc(C(C)(C)C)c2c(c1)C(O)(C(F)(F)F)C(=O)O2.CC(C)(C)c1ccc(O)c(C(C)(C)C)c1. The first-order valence-corrected chi connectivity index (χ1v) is 12.8. The molecular weight excluding hydrogens is 493 g/mol. The molecule has 1 aliphatic heterocycles. The number of hydrogen-bond donors (Lipinski definition) is 2. The van der Waals surface area contributed by atoms with E-state index in [0.29, 0.717) is 16.9 Å². The lowest BCUT2D eigenvalue weighted by atomic mass is 9.77. The van der Waals surface area contributed by atoms with Crippen molar-refractivity contribution in [2.75, 3.05) is 0 Å². The number of fused-ring (bicyclic) bond motifs is 1. The second-order valence-electron chi connectivity index (χ2n) is 14.2. The van der Waals surface area contributed by atoms with Crippen LogP contribution in [0.2, 0.25) is 0 Å². The van der Waals surface area contributed by atoms with E-state index in [0.717, 1.165) is 5.56 Å². The van der Waals surface area contributed by atoms with Gasteiger partial charge in [-0.25, -0.2) is 4.79 Å². The zero-order valence-corrected chi connectivity index (χ0v) is 24.7. The van der Waals surface area contributed by atoms with Gasteiger partial charge < -0.3 is 14.9 Å². The number of aromatic hydroxyl groups is 1. The first-order chi connectivity index (χ1) is 16.7. The highest BCUT2D eigenvalue weighted by Crippen LogP contribution is 2.52. The molecule has 0 saturated carbocycles. The van der Waals surface area contributed by atoms with Crippen LogP contribution in [-0.4, -0.2) is 22.4 Å². The second kappa shape index (κ2) is 9.58. The molecule has 0 saturated heterocycles. The lowest BCUT2D eigenvalue weighted by Gasteiger charge is -2.28. The lowest BCUT2D eigenvalue weighted by Crippen LogP contribution is -2.47. The molecule has 1 unspecified atom stereocenters. The summed E-state index contributed by atoms with van der Waals surface area (Å²) in [4.78, 5) is 11.8. The van der Waals surface area contributed by atoms with Crippen molar-refractivity contribution >= 4 is 5.97 Å². The second-order valence-corrected chi connectivity index (χ2v) is 14.2. The molecule has 2 aromatic rings. The van der Waals surface area contributed by atoms with Gasteiger partial charge in [-0.05, 0) is 50.5 Å². The highest BCUT2D eigenvalue weighted by molar-refractivity contribution is 5.90. The zero-order valence-electron chi connectivity index (χ0n) is 24.7. The topological polar surface area (TPSA) is 66.8 Å². The monoisotopic (exact) mass is 536 g/mol. The minimum Gasteiger partial charge on any atom is -0.508 e. The highest BCUT2D eigenvalue weighted by Gasteiger charge is 2.67. The van der Waals surface area contributed by atoms with E-state index in [2.05, 4.69) is 47.6 Å². The summed E-state index contributed by atoms with van der Waals surface area (Å²) in [6.07, 6.45) is -5.15. The molecule has 1 aliphatic rings. The van der Waals surface area contributed by atoms with Crippen LogP contribution in [0.1, 0.15) is 111 Å². The molecule has 0 aliphatic carbocycles. The molecule has 0 bridgehead atoms. The highest BCUT2D eigenvalue weighted by atomic mass is 19.4. The average Bonchev–Trinajstić information content (AvgIpc) is 2.96. The summed E-state index contributed by atoms with van der Waals surface area (Å²) in [5.41, 5.74) is -1.67. The Kier molecular flexibility index (Phi) is 7.99. The first kappa shape index (κ1) is 31.7. The number of carbonyl (C=O) groups is 1. The summed E-state index contributed by atoms with van der Waals surface area (Å²) in [5.74, 6) is -1.48. The molecule has 0 aromatic heterocycles. The van der Waals surface area contributed by atoms with Crippen LogP contribution in [0.5, 0.6) is 11.5 Å². The Hall–Kier alpha value is -2.54. The summed E-state index contributed by atoms with van der Waals surface area (Å²) in [6.45, 7) is 23.9. The van der Waals surface area contributed by atoms with Crippen LogP contribution in [0.3, 0.4) is 0 Å². The van der Waals surface area contributed by atoms with E-state index in [4.69, 9.17) is 4.74 Å². The number of phenolic OH excluding ortho intramolecular Hbond substituents is 1. The van der Waals surface area contributed by atoms with Crippen molar-refractivity contribution in [2.24, 2.45) is 0 Å². The van der Waals surface area contributed by atoms with Crippen LogP contribution in [0.25, 0.3) is 0 Å². The predicted molar refractivity (Wildman–Crippen MR) is 145 cm³/mol. The number of ether oxygens (including phenoxy) is 1. The number of aliphatic hydroxyl groups is 1. The maximum Gasteiger partial charge on any atom is 0.432 e. The van der Waals surface area contributed by atoms with Crippen LogP contribution in [-0.2, 0) is 32.1 Å². The van der Waals surface area contributed by atoms with Gasteiger partial charge in [0.15, 0.2) is 0 Å². The van der Waals surface area contributed by atoms with Crippen LogP contribution >= 0.6 is 0 Å². The molecule has 2 N–H and O–H groups in total. The molecule has 7 heteroatoms. The largest absolute Gasteiger partial charge is 0.508 e. The van der Waals surface area contributed by atoms with E-state index in [1.807, 2.05) is 47.6 Å². The summed E-state index contributed by atoms with van der Waals surface area (Å²) in [5, 5.41) is 20.0. The minimum absolute atomic E-state index is 0.00859. The molecule has 1 heterocycles. The van der Waals surface area contributed by atoms with Gasteiger partial charge in [0.25, 0.3) is 5.60 Å². The van der Waals surface area contributed by atoms with Gasteiger partial charge in [-0.1, -0.05) is 101 Å². The number of alkyl halides is 3. The molecule has 4 nitrogen and oxygen atoms in total. The summed E-state index contributed by atoms with van der Waals surface area (Å²) in [6, 6.07) is 8.90. The van der Waals surface area contributed by atoms with Gasteiger partial charge in [-0.15, -0.1) is 0 Å². The number of phenols is 1. The number of benzene rings is 2. The van der Waals surface area contributed by atoms with Crippen molar-refractivity contribution in [2.45, 2.75) is 117 Å². The van der Waals surface area contributed by atoms with Crippen LogP contribution < -0.4 is 4.74 Å². The number of esters is 1. The van der Waals surface area contributed by atoms with Gasteiger partial charge >= 0.3 is 12.1 Å². The standard InChI is InChI=1S/C17H21F3O3.C14H22O/c1-14(2,3)9-7-10(15(4,5)6)12-11(8-9)16(22,13(21)23-12)17(18,19)20;1-13(2,3)10-7-8-12(15)11(9-10)14(4,5)6/h7-8,22H,1-6H3;7-9,15H,1-6H3. The Labute approximate surface area is 225 Å². The Morgan fingerprint density at radius 3 is 1.53 bits per heavy atom. The normalized spacial score (nSPS) is 18.5. The van der Waals surface area contributed by atoms with Crippen LogP contribution in [0.4, 0.5) is 13.2 Å². The summed E-state index contributed by atoms with van der Waals surface area (Å²) in [7, 11) is 0. The van der Waals surface area contributed by atoms with Crippen molar-refractivity contribution in [1.29, 1.82) is 0 Å². The molecule has 0 spiro atoms. The predicted octanol–water partition coefficient (Wildman–Crippen LogP) is 7.94. The van der Waals surface area contributed by atoms with Crippen molar-refractivity contribution in [3.63, 3.8) is 0 Å². The minimum atomic E-state index is -5.15. The van der Waals surface area contributed by atoms with Gasteiger partial charge in [0.2, 0.25) is 0 Å². The third kappa shape index (κ3) is 6.19. The van der Waals surface area contributed by atoms with Gasteiger partial charge in [-0.3, -0.25) is 0 Å². The van der Waals surface area contributed by atoms with E-state index in [-0.39, 0.29) is 16.6 Å². The van der Waals surface area contributed by atoms with Gasteiger partial charge in [0.1, 0.15) is 11.5 Å². The lowest BCUT2D eigenvalue weighted by molar-refractivity contribution is -0.258. The molecule has 0 fully saturated rings. The quantitative estimate of drug-likeness (QED) is 0.265. The molecule has 2 aromatic carbocycles. The van der Waals surface area contributed by atoms with E-state index < -0.39 is 34.1 Å². The van der Waals surface area contributed by atoms with Gasteiger partial charge in [0.05, 0.1) is 0 Å². The number of halogens is 3. The molecule has 212 valence electrons. The molecule has 1 atom stereocenters. The van der Waals surface area contributed by atoms with E-state index >= 15 is 0 Å². The fourth-order valence-electron chi connectivity index (χ4n) is 4.15. The molecule has 38 heavy (non-hydrogen) atoms. The Morgan fingerprint density at radius 1 is 0.684 bits per heavy atom. The van der Waals surface area contributed by atoms with Crippen molar-refractivity contribution in [3.8, 4) is 11.5 Å². The summed E-state index contributed by atoms with van der Waals surface area (Å²) >= 11 is 0. The third-order valence-electron chi connectivity index (χ3n) is 6.72. The third-order valence-corrected chi connectivity index (χ3v) is 6.72. The maximum absolute atomic E-state index is 13.4. The molecule has 3 rings (SSSR count). The first-order valence-electron chi connectivity index (χ1n) is 12.8.